The Bertz CT molecular complexity index is 1360. The van der Waals surface area contributed by atoms with E-state index in [9.17, 15) is 4.79 Å². The average Bonchev–Trinajstić information content (AvgIpc) is 3.09. The minimum atomic E-state index is -0.497. The first-order chi connectivity index (χ1) is 15.9. The summed E-state index contributed by atoms with van der Waals surface area (Å²) in [4.78, 5) is 24.2. The molecule has 0 radical (unpaired) electrons. The number of urea groups is 1. The van der Waals surface area contributed by atoms with Crippen LogP contribution in [-0.4, -0.2) is 37.1 Å². The number of H-pyrrole nitrogens is 1. The van der Waals surface area contributed by atoms with Crippen molar-refractivity contribution in [3.05, 3.63) is 64.4 Å². The molecule has 2 atom stereocenters. The number of carbonyl (C=O) groups is 1. The lowest BCUT2D eigenvalue weighted by Crippen LogP contribution is -2.47. The first-order valence-corrected chi connectivity index (χ1v) is 12.0. The van der Waals surface area contributed by atoms with Gasteiger partial charge in [-0.2, -0.15) is 18.6 Å². The first kappa shape index (κ1) is 25.0. The third-order valence-electron chi connectivity index (χ3n) is 6.69. The monoisotopic (exact) mass is 509 g/mol. The second-order valence-electron chi connectivity index (χ2n) is 9.26. The number of nitrogens with one attached hydrogen (secondary N) is 3. The van der Waals surface area contributed by atoms with Crippen LogP contribution < -0.4 is 10.6 Å². The van der Waals surface area contributed by atoms with Crippen molar-refractivity contribution in [2.45, 2.75) is 58.7 Å². The highest BCUT2D eigenvalue weighted by molar-refractivity contribution is 7.59. The number of anilines is 2. The minimum Gasteiger partial charge on any atom is -0.335 e. The maximum absolute atomic E-state index is 13.3. The SMILES string of the molecule is C.Cc1nc(Nc2n[nH]c3c2CN(C(=O)N[C@@H]2C[C@H]2c2ccccc2)C3(C)C)c2sccc2n1.S. The first-order valence-electron chi connectivity index (χ1n) is 11.1. The van der Waals surface area contributed by atoms with E-state index in [2.05, 4.69) is 42.9 Å². The van der Waals surface area contributed by atoms with Crippen LogP contribution in [0.3, 0.4) is 0 Å². The molecule has 8 nitrogen and oxygen atoms in total. The fraction of sp³-hybridized carbons (Fsp3) is 0.360. The number of thiophene rings is 1. The molecule has 2 amide bonds. The van der Waals surface area contributed by atoms with Crippen molar-refractivity contribution in [1.29, 1.82) is 0 Å². The quantitative estimate of drug-likeness (QED) is 0.336. The number of benzene rings is 1. The van der Waals surface area contributed by atoms with Crippen LogP contribution in [0.4, 0.5) is 16.4 Å². The highest BCUT2D eigenvalue weighted by atomic mass is 32.1. The van der Waals surface area contributed by atoms with Gasteiger partial charge in [0.05, 0.1) is 28.0 Å². The Morgan fingerprint density at radius 3 is 2.71 bits per heavy atom. The summed E-state index contributed by atoms with van der Waals surface area (Å²) in [6.07, 6.45) is 0.980. The van der Waals surface area contributed by atoms with Gasteiger partial charge in [0.15, 0.2) is 11.6 Å². The molecule has 3 N–H and O–H groups in total. The number of rotatable bonds is 4. The smallest absolute Gasteiger partial charge is 0.318 e. The molecule has 0 spiro atoms. The molecule has 35 heavy (non-hydrogen) atoms. The predicted octanol–water partition coefficient (Wildman–Crippen LogP) is 5.53. The van der Waals surface area contributed by atoms with Gasteiger partial charge in [0, 0.05) is 17.5 Å². The number of aromatic nitrogens is 4. The van der Waals surface area contributed by atoms with Gasteiger partial charge in [0.25, 0.3) is 0 Å². The van der Waals surface area contributed by atoms with Crippen molar-refractivity contribution in [1.82, 2.24) is 30.4 Å². The van der Waals surface area contributed by atoms with Crippen LogP contribution in [0, 0.1) is 6.92 Å². The zero-order valence-electron chi connectivity index (χ0n) is 19.2. The summed E-state index contributed by atoms with van der Waals surface area (Å²) >= 11 is 1.60. The van der Waals surface area contributed by atoms with Gasteiger partial charge in [-0.25, -0.2) is 14.8 Å². The van der Waals surface area contributed by atoms with Crippen molar-refractivity contribution in [2.24, 2.45) is 0 Å². The zero-order valence-corrected chi connectivity index (χ0v) is 21.0. The Morgan fingerprint density at radius 2 is 1.94 bits per heavy atom. The van der Waals surface area contributed by atoms with Gasteiger partial charge in [-0.3, -0.25) is 5.10 Å². The lowest BCUT2D eigenvalue weighted by molar-refractivity contribution is 0.142. The minimum absolute atomic E-state index is 0. The third-order valence-corrected chi connectivity index (χ3v) is 7.60. The number of fused-ring (bicyclic) bond motifs is 2. The Labute approximate surface area is 216 Å². The van der Waals surface area contributed by atoms with Gasteiger partial charge >= 0.3 is 6.03 Å². The molecule has 1 aliphatic carbocycles. The molecule has 10 heteroatoms. The molecule has 0 unspecified atom stereocenters. The Morgan fingerprint density at radius 1 is 1.17 bits per heavy atom. The zero-order chi connectivity index (χ0) is 22.7. The standard InChI is InChI=1S/C24H25N7OS.CH4.H2S/c1-13-25-17-9-10-33-19(17)22(26-13)28-21-16-12-31(24(2,3)20(16)29-30-21)23(32)27-18-11-15(18)14-7-5-4-6-8-14;;/h4-10,15,18H,11-12H2,1-3H3,(H,27,32)(H2,25,26,28,29,30);1H4;1H2/t15-,18+;;/m0../s1. The molecular formula is C25H31N7OS2. The van der Waals surface area contributed by atoms with E-state index >= 15 is 0 Å². The second-order valence-corrected chi connectivity index (χ2v) is 10.2. The van der Waals surface area contributed by atoms with Crippen LogP contribution in [0.2, 0.25) is 0 Å². The summed E-state index contributed by atoms with van der Waals surface area (Å²) < 4.78 is 0.991. The molecule has 1 fully saturated rings. The molecule has 4 heterocycles. The molecule has 3 aromatic heterocycles. The average molecular weight is 510 g/mol. The summed E-state index contributed by atoms with van der Waals surface area (Å²) in [5.74, 6) is 2.54. The normalized spacial score (nSPS) is 19.5. The topological polar surface area (TPSA) is 98.8 Å². The summed E-state index contributed by atoms with van der Waals surface area (Å²) in [5.41, 5.74) is 3.64. The number of hydrogen-bond donors (Lipinski definition) is 3. The molecular weight excluding hydrogens is 478 g/mol. The van der Waals surface area contributed by atoms with Crippen LogP contribution in [-0.2, 0) is 12.1 Å². The highest BCUT2D eigenvalue weighted by Crippen LogP contribution is 2.44. The number of amides is 2. The summed E-state index contributed by atoms with van der Waals surface area (Å²) in [7, 11) is 0. The van der Waals surface area contributed by atoms with E-state index in [1.807, 2.05) is 55.3 Å². The lowest BCUT2D eigenvalue weighted by atomic mass is 10.0. The van der Waals surface area contributed by atoms with Gasteiger partial charge in [0.2, 0.25) is 0 Å². The number of hydrogen-bond acceptors (Lipinski definition) is 6. The molecule has 4 aromatic rings. The van der Waals surface area contributed by atoms with Crippen LogP contribution >= 0.6 is 24.8 Å². The maximum atomic E-state index is 13.3. The van der Waals surface area contributed by atoms with Crippen LogP contribution in [0.5, 0.6) is 0 Å². The van der Waals surface area contributed by atoms with E-state index in [0.29, 0.717) is 24.1 Å². The molecule has 1 aromatic carbocycles. The summed E-state index contributed by atoms with van der Waals surface area (Å²) in [5, 5.41) is 16.3. The van der Waals surface area contributed by atoms with Crippen LogP contribution in [0.1, 0.15) is 56.3 Å². The molecule has 1 saturated carbocycles. The maximum Gasteiger partial charge on any atom is 0.318 e. The van der Waals surface area contributed by atoms with E-state index in [4.69, 9.17) is 0 Å². The fourth-order valence-electron chi connectivity index (χ4n) is 4.78. The number of nitrogens with zero attached hydrogens (tertiary/aromatic N) is 4. The lowest BCUT2D eigenvalue weighted by Gasteiger charge is -2.32. The predicted molar refractivity (Wildman–Crippen MR) is 146 cm³/mol. The fourth-order valence-corrected chi connectivity index (χ4v) is 5.56. The van der Waals surface area contributed by atoms with E-state index in [0.717, 1.165) is 33.7 Å². The highest BCUT2D eigenvalue weighted by Gasteiger charge is 2.46. The molecule has 6 rings (SSSR count). The summed E-state index contributed by atoms with van der Waals surface area (Å²) in [6.45, 7) is 6.46. The van der Waals surface area contributed by atoms with Crippen LogP contribution in [0.15, 0.2) is 41.8 Å². The number of aromatic amines is 1. The Hall–Kier alpha value is -3.11. The Balaban J connectivity index is 0.00000144. The van der Waals surface area contributed by atoms with Crippen molar-refractivity contribution in [2.75, 3.05) is 5.32 Å². The molecule has 184 valence electrons. The largest absolute Gasteiger partial charge is 0.335 e. The molecule has 1 aliphatic heterocycles. The van der Waals surface area contributed by atoms with Crippen molar-refractivity contribution in [3.8, 4) is 0 Å². The van der Waals surface area contributed by atoms with Crippen molar-refractivity contribution in [3.63, 3.8) is 0 Å². The molecule has 0 bridgehead atoms. The van der Waals surface area contributed by atoms with Gasteiger partial charge in [0.1, 0.15) is 5.82 Å². The van der Waals surface area contributed by atoms with Crippen molar-refractivity contribution >= 4 is 52.7 Å². The van der Waals surface area contributed by atoms with Gasteiger partial charge < -0.3 is 15.5 Å². The van der Waals surface area contributed by atoms with Gasteiger partial charge in [-0.05, 0) is 44.2 Å². The molecule has 0 saturated heterocycles. The van der Waals surface area contributed by atoms with Crippen LogP contribution in [0.25, 0.3) is 10.2 Å². The summed E-state index contributed by atoms with van der Waals surface area (Å²) in [6, 6.07) is 12.5. The van der Waals surface area contributed by atoms with Gasteiger partial charge in [-0.15, -0.1) is 11.3 Å². The van der Waals surface area contributed by atoms with Crippen molar-refractivity contribution < 1.29 is 4.79 Å². The van der Waals surface area contributed by atoms with E-state index < -0.39 is 5.54 Å². The number of aryl methyl sites for hydroxylation is 1. The third kappa shape index (κ3) is 4.25. The van der Waals surface area contributed by atoms with E-state index in [-0.39, 0.29) is 33.0 Å². The number of carbonyl (C=O) groups excluding carboxylic acids is 1. The van der Waals surface area contributed by atoms with E-state index in [1.54, 1.807) is 11.3 Å². The molecule has 2 aliphatic rings. The van der Waals surface area contributed by atoms with Gasteiger partial charge in [-0.1, -0.05) is 37.8 Å². The van der Waals surface area contributed by atoms with E-state index in [1.165, 1.54) is 5.56 Å². The Kier molecular flexibility index (Phi) is 6.54. The second kappa shape index (κ2) is 9.16.